The molecule has 0 saturated heterocycles. The Morgan fingerprint density at radius 2 is 2.00 bits per heavy atom. The van der Waals surface area contributed by atoms with Gasteiger partial charge in [0.05, 0.1) is 25.3 Å². The molecule has 0 bridgehead atoms. The van der Waals surface area contributed by atoms with E-state index in [0.29, 0.717) is 6.42 Å². The minimum absolute atomic E-state index is 0.112. The third kappa shape index (κ3) is 3.46. The predicted octanol–water partition coefficient (Wildman–Crippen LogP) is 3.76. The highest BCUT2D eigenvalue weighted by atomic mass is 16.3. The molecule has 2 rings (SSSR count). The molecule has 1 unspecified atom stereocenters. The monoisotopic (exact) mass is 254 g/mol. The van der Waals surface area contributed by atoms with E-state index < -0.39 is 0 Å². The average Bonchev–Trinajstić information content (AvgIpc) is 2.96. The summed E-state index contributed by atoms with van der Waals surface area (Å²) in [5.41, 5.74) is 1.18. The summed E-state index contributed by atoms with van der Waals surface area (Å²) in [4.78, 5) is 2.26. The number of benzene rings is 1. The number of rotatable bonds is 6. The lowest BCUT2D eigenvalue weighted by atomic mass is 10.0. The normalized spacial score (nSPS) is 12.3. The molecule has 0 saturated carbocycles. The molecule has 1 aromatic carbocycles. The highest BCUT2D eigenvalue weighted by Gasteiger charge is 2.19. The van der Waals surface area contributed by atoms with Gasteiger partial charge in [0, 0.05) is 6.04 Å². The molecule has 19 heavy (non-hydrogen) atoms. The molecule has 0 aliphatic heterocycles. The maximum Gasteiger partial charge on any atom is 0.117 e. The van der Waals surface area contributed by atoms with Crippen molar-refractivity contribution >= 4 is 0 Å². The zero-order valence-electron chi connectivity index (χ0n) is 11.1. The minimum atomic E-state index is 0.112. The molecule has 3 heteroatoms. The summed E-state index contributed by atoms with van der Waals surface area (Å²) in [5.74, 6) is 0.931. The van der Waals surface area contributed by atoms with Gasteiger partial charge in [0.2, 0.25) is 0 Å². The second-order valence-electron chi connectivity index (χ2n) is 4.43. The fraction of sp³-hybridized carbons (Fsp3) is 0.312. The van der Waals surface area contributed by atoms with Crippen molar-refractivity contribution in [3.63, 3.8) is 0 Å². The lowest BCUT2D eigenvalue weighted by Gasteiger charge is -2.28. The van der Waals surface area contributed by atoms with E-state index in [-0.39, 0.29) is 6.04 Å². The fourth-order valence-electron chi connectivity index (χ4n) is 2.26. The summed E-state index contributed by atoms with van der Waals surface area (Å²) < 4.78 is 5.41. The number of nitrogens with zero attached hydrogens (tertiary/aromatic N) is 2. The first-order chi connectivity index (χ1) is 9.35. The van der Waals surface area contributed by atoms with Crippen LogP contribution in [0.2, 0.25) is 0 Å². The lowest BCUT2D eigenvalue weighted by Crippen LogP contribution is -2.28. The quantitative estimate of drug-likeness (QED) is 0.788. The first-order valence-electron chi connectivity index (χ1n) is 6.53. The zero-order chi connectivity index (χ0) is 13.5. The number of hydrogen-bond acceptors (Lipinski definition) is 3. The summed E-state index contributed by atoms with van der Waals surface area (Å²) in [6.07, 6.45) is 2.17. The summed E-state index contributed by atoms with van der Waals surface area (Å²) >= 11 is 0. The van der Waals surface area contributed by atoms with Gasteiger partial charge in [-0.05, 0) is 24.2 Å². The molecule has 0 amide bonds. The zero-order valence-corrected chi connectivity index (χ0v) is 11.1. The summed E-state index contributed by atoms with van der Waals surface area (Å²) in [6.45, 7) is 3.71. The van der Waals surface area contributed by atoms with Crippen molar-refractivity contribution in [3.05, 3.63) is 60.1 Å². The molecule has 2 aromatic rings. The van der Waals surface area contributed by atoms with E-state index in [2.05, 4.69) is 30.0 Å². The maximum absolute atomic E-state index is 9.07. The predicted molar refractivity (Wildman–Crippen MR) is 74.2 cm³/mol. The van der Waals surface area contributed by atoms with Crippen LogP contribution < -0.4 is 0 Å². The molecule has 0 aliphatic rings. The molecule has 3 nitrogen and oxygen atoms in total. The van der Waals surface area contributed by atoms with Gasteiger partial charge in [0.15, 0.2) is 0 Å². The van der Waals surface area contributed by atoms with Crippen LogP contribution in [-0.4, -0.2) is 11.4 Å². The van der Waals surface area contributed by atoms with E-state index in [9.17, 15) is 0 Å². The Hall–Kier alpha value is -2.05. The molecule has 1 heterocycles. The molecule has 0 spiro atoms. The van der Waals surface area contributed by atoms with E-state index in [4.69, 9.17) is 9.68 Å². The molecule has 98 valence electrons. The summed E-state index contributed by atoms with van der Waals surface area (Å²) in [7, 11) is 0. The van der Waals surface area contributed by atoms with Crippen molar-refractivity contribution < 1.29 is 4.42 Å². The topological polar surface area (TPSA) is 40.2 Å². The Kier molecular flexibility index (Phi) is 4.77. The standard InChI is InChI=1S/C16H18N2O/c1-2-18(13-15-9-6-12-19-15)16(10-11-17)14-7-4-3-5-8-14/h3-9,12,16H,2,10,13H2,1H3. The molecule has 1 aromatic heterocycles. The first kappa shape index (κ1) is 13.4. The van der Waals surface area contributed by atoms with Crippen LogP contribution in [0.15, 0.2) is 53.1 Å². The van der Waals surface area contributed by atoms with Gasteiger partial charge in [0.1, 0.15) is 5.76 Å². The maximum atomic E-state index is 9.07. The summed E-state index contributed by atoms with van der Waals surface area (Å²) in [6, 6.07) is 16.4. The second kappa shape index (κ2) is 6.77. The highest BCUT2D eigenvalue weighted by molar-refractivity contribution is 5.20. The van der Waals surface area contributed by atoms with Crippen molar-refractivity contribution in [3.8, 4) is 6.07 Å². The summed E-state index contributed by atoms with van der Waals surface area (Å²) in [5, 5.41) is 9.07. The van der Waals surface area contributed by atoms with Crippen LogP contribution in [0, 0.1) is 11.3 Å². The Balaban J connectivity index is 2.19. The van der Waals surface area contributed by atoms with Crippen molar-refractivity contribution in [1.29, 1.82) is 5.26 Å². The molecule has 0 N–H and O–H groups in total. The van der Waals surface area contributed by atoms with Crippen molar-refractivity contribution in [2.75, 3.05) is 6.54 Å². The van der Waals surface area contributed by atoms with Crippen LogP contribution >= 0.6 is 0 Å². The van der Waals surface area contributed by atoms with Crippen molar-refractivity contribution in [1.82, 2.24) is 4.90 Å². The van der Waals surface area contributed by atoms with Crippen LogP contribution in [0.1, 0.15) is 30.7 Å². The average molecular weight is 254 g/mol. The molecule has 0 aliphatic carbocycles. The number of hydrogen-bond donors (Lipinski definition) is 0. The smallest absolute Gasteiger partial charge is 0.117 e. The van der Waals surface area contributed by atoms with E-state index in [1.165, 1.54) is 5.56 Å². The first-order valence-corrected chi connectivity index (χ1v) is 6.53. The van der Waals surface area contributed by atoms with E-state index in [1.54, 1.807) is 6.26 Å². The van der Waals surface area contributed by atoms with Crippen molar-refractivity contribution in [2.45, 2.75) is 25.9 Å². The van der Waals surface area contributed by atoms with E-state index in [0.717, 1.165) is 18.8 Å². The molecular weight excluding hydrogens is 236 g/mol. The Labute approximate surface area is 114 Å². The van der Waals surface area contributed by atoms with E-state index in [1.807, 2.05) is 30.3 Å². The molecule has 0 fully saturated rings. The van der Waals surface area contributed by atoms with Gasteiger partial charge in [-0.3, -0.25) is 4.90 Å². The molecular formula is C16H18N2O. The van der Waals surface area contributed by atoms with Crippen LogP contribution in [-0.2, 0) is 6.54 Å². The lowest BCUT2D eigenvalue weighted by molar-refractivity contribution is 0.185. The van der Waals surface area contributed by atoms with Gasteiger partial charge in [-0.15, -0.1) is 0 Å². The van der Waals surface area contributed by atoms with Gasteiger partial charge in [-0.2, -0.15) is 5.26 Å². The van der Waals surface area contributed by atoms with Gasteiger partial charge in [-0.1, -0.05) is 37.3 Å². The van der Waals surface area contributed by atoms with Crippen LogP contribution in [0.25, 0.3) is 0 Å². The SMILES string of the molecule is CCN(Cc1ccco1)C(CC#N)c1ccccc1. The Morgan fingerprint density at radius 3 is 2.58 bits per heavy atom. The molecule has 0 radical (unpaired) electrons. The van der Waals surface area contributed by atoms with Crippen molar-refractivity contribution in [2.24, 2.45) is 0 Å². The Bertz CT molecular complexity index is 513. The van der Waals surface area contributed by atoms with Gasteiger partial charge in [0.25, 0.3) is 0 Å². The van der Waals surface area contributed by atoms with Crippen LogP contribution in [0.5, 0.6) is 0 Å². The number of furan rings is 1. The number of nitriles is 1. The third-order valence-corrected chi connectivity index (χ3v) is 3.25. The highest BCUT2D eigenvalue weighted by Crippen LogP contribution is 2.25. The van der Waals surface area contributed by atoms with Crippen LogP contribution in [0.4, 0.5) is 0 Å². The second-order valence-corrected chi connectivity index (χ2v) is 4.43. The largest absolute Gasteiger partial charge is 0.468 e. The van der Waals surface area contributed by atoms with Gasteiger partial charge < -0.3 is 4.42 Å². The molecule has 1 atom stereocenters. The Morgan fingerprint density at radius 1 is 1.21 bits per heavy atom. The van der Waals surface area contributed by atoms with Gasteiger partial charge >= 0.3 is 0 Å². The van der Waals surface area contributed by atoms with Crippen LogP contribution in [0.3, 0.4) is 0 Å². The van der Waals surface area contributed by atoms with Gasteiger partial charge in [-0.25, -0.2) is 0 Å². The fourth-order valence-corrected chi connectivity index (χ4v) is 2.26. The minimum Gasteiger partial charge on any atom is -0.468 e. The third-order valence-electron chi connectivity index (χ3n) is 3.25. The van der Waals surface area contributed by atoms with E-state index >= 15 is 0 Å².